The molecule has 11 atom stereocenters. The lowest BCUT2D eigenvalue weighted by atomic mass is 9.97. The highest BCUT2D eigenvalue weighted by Crippen LogP contribution is 2.61. The van der Waals surface area contributed by atoms with Crippen LogP contribution >= 0.6 is 60.8 Å². The van der Waals surface area contributed by atoms with Crippen LogP contribution in [-0.2, 0) is 36.8 Å². The first-order valence-corrected chi connectivity index (χ1v) is 20.9. The van der Waals surface area contributed by atoms with Crippen LogP contribution in [0.15, 0.2) is 33.0 Å². The zero-order valence-electron chi connectivity index (χ0n) is 28.6. The zero-order chi connectivity index (χ0) is 42.6. The number of phosphoric acid groups is 2. The van der Waals surface area contributed by atoms with Crippen LogP contribution in [0.2, 0.25) is 0 Å². The molecule has 2 saturated heterocycles. The topological polar surface area (TPSA) is 404 Å². The number of phosphoric ester groups is 2. The summed E-state index contributed by atoms with van der Waals surface area (Å²) >= 11 is 3.52. The van der Waals surface area contributed by atoms with Gasteiger partial charge in [0.2, 0.25) is 5.91 Å². The van der Waals surface area contributed by atoms with Crippen LogP contribution in [0.5, 0.6) is 5.75 Å². The largest absolute Gasteiger partial charge is 0.506 e. The lowest BCUT2D eigenvalue weighted by Gasteiger charge is -2.42. The molecule has 0 radical (unpaired) electrons. The molecule has 11 N–H and O–H groups in total. The Hall–Kier alpha value is -2.87. The quantitative estimate of drug-likeness (QED) is 0.0323. The number of carbonyl (C=O) groups is 2. The molecule has 0 saturated carbocycles. The zero-order valence-corrected chi connectivity index (χ0v) is 34.7. The second-order valence-corrected chi connectivity index (χ2v) is 17.1. The fourth-order valence-electron chi connectivity index (χ4n) is 5.28. The average molecular weight is 1080 g/mol. The number of rotatable bonds is 15. The summed E-state index contributed by atoms with van der Waals surface area (Å²) in [4.78, 5) is 74.5. The van der Waals surface area contributed by atoms with Crippen molar-refractivity contribution in [3.05, 3.63) is 67.9 Å². The molecule has 57 heavy (non-hydrogen) atoms. The number of azide groups is 1. The van der Waals surface area contributed by atoms with E-state index in [1.807, 2.05) is 27.6 Å². The fraction of sp³-hybridized carbons (Fsp3) is 0.481. The van der Waals surface area contributed by atoms with Crippen molar-refractivity contribution in [3.8, 4) is 5.75 Å². The Morgan fingerprint density at radius 3 is 2.39 bits per heavy atom. The number of H-pyrrole nitrogens is 1. The number of amides is 2. The molecule has 0 bridgehead atoms. The number of phenolic OH excluding ortho intramolecular Hbond substituents is 1. The molecule has 2 aliphatic rings. The molecule has 7 unspecified atom stereocenters. The second kappa shape index (κ2) is 19.5. The number of aromatic hydroxyl groups is 1. The highest BCUT2D eigenvalue weighted by molar-refractivity contribution is 14.1. The highest BCUT2D eigenvalue weighted by atomic mass is 127. The molecule has 314 valence electrons. The first kappa shape index (κ1) is 46.8. The van der Waals surface area contributed by atoms with E-state index in [9.17, 15) is 68.7 Å². The number of ether oxygens (including phenoxy) is 2. The van der Waals surface area contributed by atoms with E-state index in [0.29, 0.717) is 8.14 Å². The molecule has 0 spiro atoms. The highest BCUT2D eigenvalue weighted by Gasteiger charge is 2.50. The molecule has 1 aromatic heterocycles. The van der Waals surface area contributed by atoms with Crippen LogP contribution in [0.4, 0.5) is 5.69 Å². The number of phenols is 1. The molecule has 2 aliphatic heterocycles. The number of hydrogen-bond donors (Lipinski definition) is 11. The van der Waals surface area contributed by atoms with Gasteiger partial charge in [0, 0.05) is 28.1 Å². The minimum Gasteiger partial charge on any atom is -0.506 e. The van der Waals surface area contributed by atoms with E-state index in [1.165, 1.54) is 18.2 Å². The van der Waals surface area contributed by atoms with Crippen molar-refractivity contribution < 1.29 is 82.0 Å². The van der Waals surface area contributed by atoms with Gasteiger partial charge in [-0.3, -0.25) is 33.0 Å². The third-order valence-corrected chi connectivity index (χ3v) is 12.4. The number of nitrogens with zero attached hydrogens (tertiary/aromatic N) is 4. The maximum Gasteiger partial charge on any atom is 0.483 e. The molecule has 2 aromatic rings. The van der Waals surface area contributed by atoms with Crippen LogP contribution in [-0.4, -0.2) is 131 Å². The van der Waals surface area contributed by atoms with Gasteiger partial charge in [-0.25, -0.2) is 13.9 Å². The Morgan fingerprint density at radius 2 is 1.75 bits per heavy atom. The predicted molar refractivity (Wildman–Crippen MR) is 204 cm³/mol. The monoisotopic (exact) mass is 1070 g/mol. The third-order valence-electron chi connectivity index (χ3n) is 7.94. The van der Waals surface area contributed by atoms with E-state index in [2.05, 4.69) is 29.5 Å². The smallest absolute Gasteiger partial charge is 0.483 e. The van der Waals surface area contributed by atoms with Crippen LogP contribution in [0.25, 0.3) is 16.5 Å². The Kier molecular flexibility index (Phi) is 16.0. The Labute approximate surface area is 345 Å². The number of aliphatic hydroxyl groups is 5. The number of aromatic nitrogens is 2. The van der Waals surface area contributed by atoms with Gasteiger partial charge in [-0.05, 0) is 56.8 Å². The number of aromatic amines is 1. The van der Waals surface area contributed by atoms with E-state index >= 15 is 0 Å². The van der Waals surface area contributed by atoms with Crippen LogP contribution in [0, 0.1) is 7.14 Å². The van der Waals surface area contributed by atoms with Gasteiger partial charge in [0.05, 0.1) is 33.6 Å². The van der Waals surface area contributed by atoms with Gasteiger partial charge in [0.25, 0.3) is 11.5 Å². The predicted octanol–water partition coefficient (Wildman–Crippen LogP) is -1.35. The fourth-order valence-corrected chi connectivity index (χ4v) is 9.34. The number of carbonyl (C=O) groups excluding carboxylic acids is 2. The maximum atomic E-state index is 12.7. The molecule has 30 heteroatoms. The van der Waals surface area contributed by atoms with Gasteiger partial charge in [-0.15, -0.1) is 0 Å². The summed E-state index contributed by atoms with van der Waals surface area (Å²) in [6.07, 6.45) is -11.5. The Morgan fingerprint density at radius 1 is 1.09 bits per heavy atom. The summed E-state index contributed by atoms with van der Waals surface area (Å²) in [5, 5.41) is 69.5. The lowest BCUT2D eigenvalue weighted by molar-refractivity contribution is -0.247. The third kappa shape index (κ3) is 11.5. The van der Waals surface area contributed by atoms with Crippen molar-refractivity contribution >= 4 is 84.4 Å². The Balaban J connectivity index is 1.40. The molecular formula is C27H33I2N7O19P2. The summed E-state index contributed by atoms with van der Waals surface area (Å²) < 4.78 is 50.6. The van der Waals surface area contributed by atoms with E-state index in [1.54, 1.807) is 22.6 Å². The van der Waals surface area contributed by atoms with Gasteiger partial charge >= 0.3 is 21.3 Å². The first-order chi connectivity index (χ1) is 26.6. The van der Waals surface area contributed by atoms with Crippen molar-refractivity contribution in [3.63, 3.8) is 0 Å². The van der Waals surface area contributed by atoms with Crippen molar-refractivity contribution in [1.29, 1.82) is 0 Å². The van der Waals surface area contributed by atoms with Crippen molar-refractivity contribution in [2.24, 2.45) is 5.11 Å². The van der Waals surface area contributed by atoms with Crippen molar-refractivity contribution in [2.45, 2.75) is 62.1 Å². The number of hydrogen-bond acceptors (Lipinski definition) is 18. The summed E-state index contributed by atoms with van der Waals surface area (Å²) in [5.41, 5.74) is 6.44. The molecule has 2 fully saturated rings. The summed E-state index contributed by atoms with van der Waals surface area (Å²) in [6.45, 7) is -1.31. The standard InChI is InChI=1S/C27H33I2N7O19P2/c1-9(38)32-17-21(42)19(40)13(7-37)53-26(17)54-57(49,50)55-56(47,48)51-8-14-20(41)22(43)25(52-14)36-6-10(23(44)33-27(36)46)3-2-4-31-24(45)11-5-12(28)16(34-35-30)15(29)18(11)39/h2-3,5-6,13-14,17,19-22,25-26,37,39-43H,4,7-8H2,1H3,(H,31,45)(H,32,38)(H,47,48)(H,49,50)(H,33,44,46)/b3-2+/t13?,14-,17?,19?,20-,21?,22-,25-,26?/m1/s1. The van der Waals surface area contributed by atoms with Crippen LogP contribution in [0.3, 0.4) is 0 Å². The van der Waals surface area contributed by atoms with Gasteiger partial charge in [0.1, 0.15) is 48.4 Å². The molecule has 2 amide bonds. The van der Waals surface area contributed by atoms with Gasteiger partial charge in [-0.1, -0.05) is 17.3 Å². The Bertz CT molecular complexity index is 2150. The number of nitrogens with one attached hydrogen (secondary N) is 3. The summed E-state index contributed by atoms with van der Waals surface area (Å²) in [6, 6.07) is -0.456. The molecular weight excluding hydrogens is 1040 g/mol. The SMILES string of the molecule is CC(=O)NC1C(OP(=O)(O)OP(=O)(O)OC[C@H]2O[C@@H](n3cc(/C=C/CNC(=O)c4cc(I)c(N=[N+]=[N-])c(I)c4O)c(=O)[nH]c3=O)[C@H](O)[C@@H]2O)OC(CO)C(O)C1O. The normalized spacial score (nSPS) is 28.3. The van der Waals surface area contributed by atoms with E-state index in [0.717, 1.165) is 13.1 Å². The molecule has 3 heterocycles. The second-order valence-electron chi connectivity index (χ2n) is 11.9. The molecule has 4 rings (SSSR count). The van der Waals surface area contributed by atoms with Gasteiger partial charge in [-0.2, -0.15) is 4.31 Å². The number of halogens is 2. The van der Waals surface area contributed by atoms with Gasteiger partial charge in [0.15, 0.2) is 12.5 Å². The van der Waals surface area contributed by atoms with E-state index < -0.39 is 113 Å². The molecule has 0 aliphatic carbocycles. The van der Waals surface area contributed by atoms with Crippen LogP contribution in [0.1, 0.15) is 29.1 Å². The number of aliphatic hydroxyl groups excluding tert-OH is 5. The van der Waals surface area contributed by atoms with Gasteiger partial charge < -0.3 is 60.5 Å². The minimum atomic E-state index is -5.73. The maximum absolute atomic E-state index is 12.7. The van der Waals surface area contributed by atoms with Crippen LogP contribution < -0.4 is 21.9 Å². The first-order valence-electron chi connectivity index (χ1n) is 15.8. The van der Waals surface area contributed by atoms with Crippen molar-refractivity contribution in [1.82, 2.24) is 20.2 Å². The summed E-state index contributed by atoms with van der Waals surface area (Å²) in [7, 11) is -11.4. The average Bonchev–Trinajstić information content (AvgIpc) is 3.40. The van der Waals surface area contributed by atoms with Crippen molar-refractivity contribution in [2.75, 3.05) is 19.8 Å². The summed E-state index contributed by atoms with van der Waals surface area (Å²) in [5.74, 6) is -2.00. The lowest BCUT2D eigenvalue weighted by Crippen LogP contribution is -2.64. The number of benzene rings is 1. The molecule has 26 nitrogen and oxygen atoms in total. The minimum absolute atomic E-state index is 0.126. The molecule has 1 aromatic carbocycles. The van der Waals surface area contributed by atoms with E-state index in [-0.39, 0.29) is 26.9 Å². The van der Waals surface area contributed by atoms with E-state index in [4.69, 9.17) is 19.5 Å².